The topological polar surface area (TPSA) is 50.4 Å². The summed E-state index contributed by atoms with van der Waals surface area (Å²) < 4.78 is 5.07. The first-order valence-corrected chi connectivity index (χ1v) is 7.86. The molecule has 4 nitrogen and oxygen atoms in total. The van der Waals surface area contributed by atoms with Crippen molar-refractivity contribution >= 4 is 23.2 Å². The van der Waals surface area contributed by atoms with Gasteiger partial charge in [0.1, 0.15) is 5.75 Å². The van der Waals surface area contributed by atoms with E-state index in [1.165, 1.54) is 25.7 Å². The molecule has 0 radical (unpaired) electrons. The highest BCUT2D eigenvalue weighted by Gasteiger charge is 2.14. The molecular formula is C16H22N2O2S. The molecule has 0 heterocycles. The molecule has 0 spiro atoms. The van der Waals surface area contributed by atoms with E-state index in [-0.39, 0.29) is 5.91 Å². The molecular weight excluding hydrogens is 284 g/mol. The average molecular weight is 306 g/mol. The minimum Gasteiger partial charge on any atom is -0.497 e. The fraction of sp³-hybridized carbons (Fsp3) is 0.500. The summed E-state index contributed by atoms with van der Waals surface area (Å²) in [7, 11) is 1.60. The molecule has 1 saturated carbocycles. The number of carbonyl (C=O) groups is 1. The highest BCUT2D eigenvalue weighted by atomic mass is 32.1. The first-order chi connectivity index (χ1) is 10.2. The number of methoxy groups -OCH3 is 1. The molecule has 2 rings (SSSR count). The molecule has 5 heteroatoms. The van der Waals surface area contributed by atoms with Crippen LogP contribution in [-0.2, 0) is 0 Å². The second-order valence-electron chi connectivity index (χ2n) is 5.34. The fourth-order valence-electron chi connectivity index (χ4n) is 2.56. The van der Waals surface area contributed by atoms with Gasteiger partial charge in [-0.1, -0.05) is 25.7 Å². The van der Waals surface area contributed by atoms with E-state index in [4.69, 9.17) is 17.0 Å². The Bertz CT molecular complexity index is 480. The lowest BCUT2D eigenvalue weighted by Gasteiger charge is -2.18. The molecule has 2 N–H and O–H groups in total. The van der Waals surface area contributed by atoms with Crippen LogP contribution in [0.1, 0.15) is 48.9 Å². The van der Waals surface area contributed by atoms with Gasteiger partial charge in [-0.2, -0.15) is 0 Å². The lowest BCUT2D eigenvalue weighted by molar-refractivity contribution is 0.0976. The summed E-state index contributed by atoms with van der Waals surface area (Å²) >= 11 is 5.24. The molecule has 0 unspecified atom stereocenters. The van der Waals surface area contributed by atoms with E-state index >= 15 is 0 Å². The second-order valence-corrected chi connectivity index (χ2v) is 5.75. The van der Waals surface area contributed by atoms with Gasteiger partial charge >= 0.3 is 0 Å². The molecule has 0 bridgehead atoms. The van der Waals surface area contributed by atoms with Crippen molar-refractivity contribution in [2.24, 2.45) is 0 Å². The van der Waals surface area contributed by atoms with Gasteiger partial charge in [0.25, 0.3) is 5.91 Å². The molecule has 21 heavy (non-hydrogen) atoms. The number of carbonyl (C=O) groups excluding carboxylic acids is 1. The minimum atomic E-state index is -0.191. The highest BCUT2D eigenvalue weighted by molar-refractivity contribution is 7.80. The van der Waals surface area contributed by atoms with E-state index in [0.29, 0.717) is 16.7 Å². The van der Waals surface area contributed by atoms with Gasteiger partial charge in [0.05, 0.1) is 7.11 Å². The Labute approximate surface area is 131 Å². The van der Waals surface area contributed by atoms with Gasteiger partial charge in [0, 0.05) is 11.6 Å². The van der Waals surface area contributed by atoms with Gasteiger partial charge in [-0.3, -0.25) is 10.1 Å². The Balaban J connectivity index is 1.84. The van der Waals surface area contributed by atoms with Crippen molar-refractivity contribution in [3.05, 3.63) is 29.8 Å². The van der Waals surface area contributed by atoms with Crippen LogP contribution in [0.15, 0.2) is 24.3 Å². The van der Waals surface area contributed by atoms with Crippen LogP contribution in [0.2, 0.25) is 0 Å². The summed E-state index contributed by atoms with van der Waals surface area (Å²) in [6.07, 6.45) is 7.29. The van der Waals surface area contributed by atoms with Crippen molar-refractivity contribution in [1.82, 2.24) is 10.6 Å². The lowest BCUT2D eigenvalue weighted by Crippen LogP contribution is -2.44. The molecule has 0 aromatic heterocycles. The number of hydrogen-bond donors (Lipinski definition) is 2. The average Bonchev–Trinajstić information content (AvgIpc) is 2.75. The summed E-state index contributed by atoms with van der Waals surface area (Å²) in [5.74, 6) is 0.537. The van der Waals surface area contributed by atoms with Gasteiger partial charge in [-0.25, -0.2) is 0 Å². The second kappa shape index (κ2) is 7.98. The zero-order valence-corrected chi connectivity index (χ0v) is 13.2. The third kappa shape index (κ3) is 5.01. The molecule has 1 aliphatic rings. The summed E-state index contributed by atoms with van der Waals surface area (Å²) in [5.41, 5.74) is 0.570. The number of thiocarbonyl (C=S) groups is 1. The summed E-state index contributed by atoms with van der Waals surface area (Å²) in [6.45, 7) is 0. The van der Waals surface area contributed by atoms with E-state index in [1.807, 2.05) is 0 Å². The smallest absolute Gasteiger partial charge is 0.257 e. The maximum atomic E-state index is 12.1. The molecule has 1 aromatic carbocycles. The van der Waals surface area contributed by atoms with Crippen LogP contribution in [0.25, 0.3) is 0 Å². The van der Waals surface area contributed by atoms with E-state index < -0.39 is 0 Å². The first kappa shape index (κ1) is 15.8. The van der Waals surface area contributed by atoms with Gasteiger partial charge in [0.2, 0.25) is 0 Å². The van der Waals surface area contributed by atoms with Crippen molar-refractivity contribution in [3.63, 3.8) is 0 Å². The van der Waals surface area contributed by atoms with Gasteiger partial charge in [-0.15, -0.1) is 0 Å². The number of benzene rings is 1. The van der Waals surface area contributed by atoms with Gasteiger partial charge < -0.3 is 10.1 Å². The van der Waals surface area contributed by atoms with E-state index in [9.17, 15) is 4.79 Å². The zero-order valence-electron chi connectivity index (χ0n) is 12.4. The van der Waals surface area contributed by atoms with Crippen molar-refractivity contribution in [2.75, 3.05) is 7.11 Å². The van der Waals surface area contributed by atoms with Crippen LogP contribution in [-0.4, -0.2) is 24.2 Å². The monoisotopic (exact) mass is 306 g/mol. The number of rotatable bonds is 3. The van der Waals surface area contributed by atoms with E-state index in [0.717, 1.165) is 18.6 Å². The highest BCUT2D eigenvalue weighted by Crippen LogP contribution is 2.17. The Kier molecular flexibility index (Phi) is 5.99. The molecule has 1 amide bonds. The maximum absolute atomic E-state index is 12.1. The van der Waals surface area contributed by atoms with Gasteiger partial charge in [-0.05, 0) is 49.3 Å². The van der Waals surface area contributed by atoms with Crippen molar-refractivity contribution < 1.29 is 9.53 Å². The third-order valence-electron chi connectivity index (χ3n) is 3.77. The molecule has 0 saturated heterocycles. The normalized spacial score (nSPS) is 15.9. The molecule has 0 atom stereocenters. The van der Waals surface area contributed by atoms with Crippen LogP contribution in [0.3, 0.4) is 0 Å². The summed E-state index contributed by atoms with van der Waals surface area (Å²) in [6, 6.07) is 7.36. The van der Waals surface area contributed by atoms with Crippen molar-refractivity contribution in [1.29, 1.82) is 0 Å². The molecule has 1 aromatic rings. The Hall–Kier alpha value is -1.62. The van der Waals surface area contributed by atoms with Crippen LogP contribution in [0, 0.1) is 0 Å². The van der Waals surface area contributed by atoms with Crippen molar-refractivity contribution in [2.45, 2.75) is 44.6 Å². The van der Waals surface area contributed by atoms with Crippen LogP contribution < -0.4 is 15.4 Å². The van der Waals surface area contributed by atoms with E-state index in [2.05, 4.69) is 10.6 Å². The van der Waals surface area contributed by atoms with Crippen molar-refractivity contribution in [3.8, 4) is 5.75 Å². The zero-order chi connectivity index (χ0) is 15.1. The number of amides is 1. The van der Waals surface area contributed by atoms with Crippen LogP contribution in [0.4, 0.5) is 0 Å². The summed E-state index contributed by atoms with van der Waals surface area (Å²) in [4.78, 5) is 12.1. The number of ether oxygens (including phenoxy) is 1. The largest absolute Gasteiger partial charge is 0.497 e. The van der Waals surface area contributed by atoms with E-state index in [1.54, 1.807) is 31.4 Å². The van der Waals surface area contributed by atoms with Crippen LogP contribution in [0.5, 0.6) is 5.75 Å². The fourth-order valence-corrected chi connectivity index (χ4v) is 2.82. The third-order valence-corrected chi connectivity index (χ3v) is 3.99. The maximum Gasteiger partial charge on any atom is 0.257 e. The quantitative estimate of drug-likeness (QED) is 0.666. The molecule has 0 aliphatic heterocycles. The predicted molar refractivity (Wildman–Crippen MR) is 87.7 cm³/mol. The Morgan fingerprint density at radius 3 is 2.33 bits per heavy atom. The number of nitrogens with one attached hydrogen (secondary N) is 2. The Morgan fingerprint density at radius 2 is 1.76 bits per heavy atom. The lowest BCUT2D eigenvalue weighted by atomic mass is 10.1. The number of hydrogen-bond acceptors (Lipinski definition) is 3. The standard InChI is InChI=1S/C16H22N2O2S/c1-20-14-10-8-12(9-11-14)15(19)18-16(21)17-13-6-4-2-3-5-7-13/h8-11,13H,2-7H2,1H3,(H2,17,18,19,21). The summed E-state index contributed by atoms with van der Waals surface area (Å²) in [5, 5.41) is 6.42. The Morgan fingerprint density at radius 1 is 1.14 bits per heavy atom. The SMILES string of the molecule is COc1ccc(C(=O)NC(=S)NC2CCCCCC2)cc1. The van der Waals surface area contributed by atoms with Gasteiger partial charge in [0.15, 0.2) is 5.11 Å². The minimum absolute atomic E-state index is 0.191. The molecule has 114 valence electrons. The first-order valence-electron chi connectivity index (χ1n) is 7.45. The van der Waals surface area contributed by atoms with Crippen LogP contribution >= 0.6 is 12.2 Å². The molecule has 1 fully saturated rings. The molecule has 1 aliphatic carbocycles. The predicted octanol–water partition coefficient (Wildman–Crippen LogP) is 3.02.